The van der Waals surface area contributed by atoms with E-state index in [0.29, 0.717) is 40.7 Å². The van der Waals surface area contributed by atoms with E-state index in [4.69, 9.17) is 9.47 Å². The molecule has 7 nitrogen and oxygen atoms in total. The standard InChI is InChI=1S/C30H31NO6/c1-6-37-25-16-20(9-14-24(25)32)27-26(28(33)23-13-12-22(36-5)15-18(23)4)29(34)30(35)31(27)21-10-7-19(8-11-21)17(2)3/h7-17,27,32-33H,6H2,1-5H3/b28-26+. The van der Waals surface area contributed by atoms with Gasteiger partial charge in [-0.05, 0) is 78.9 Å². The fourth-order valence-corrected chi connectivity index (χ4v) is 4.58. The lowest BCUT2D eigenvalue weighted by Gasteiger charge is -2.26. The molecule has 0 spiro atoms. The van der Waals surface area contributed by atoms with E-state index >= 15 is 0 Å². The summed E-state index contributed by atoms with van der Waals surface area (Å²) in [5, 5.41) is 21.7. The van der Waals surface area contributed by atoms with Gasteiger partial charge < -0.3 is 19.7 Å². The fourth-order valence-electron chi connectivity index (χ4n) is 4.58. The molecule has 192 valence electrons. The minimum absolute atomic E-state index is 0.0423. The van der Waals surface area contributed by atoms with E-state index in [1.165, 1.54) is 11.0 Å². The Hall–Kier alpha value is -4.26. The van der Waals surface area contributed by atoms with Crippen LogP contribution in [0.2, 0.25) is 0 Å². The Kier molecular flexibility index (Phi) is 7.25. The summed E-state index contributed by atoms with van der Waals surface area (Å²) in [6.07, 6.45) is 0. The number of benzene rings is 3. The highest BCUT2D eigenvalue weighted by Crippen LogP contribution is 2.44. The number of rotatable bonds is 7. The van der Waals surface area contributed by atoms with Gasteiger partial charge in [0.15, 0.2) is 11.5 Å². The van der Waals surface area contributed by atoms with Crippen molar-refractivity contribution < 1.29 is 29.3 Å². The van der Waals surface area contributed by atoms with Gasteiger partial charge in [0.25, 0.3) is 11.7 Å². The van der Waals surface area contributed by atoms with Crippen LogP contribution in [0, 0.1) is 6.92 Å². The van der Waals surface area contributed by atoms with Gasteiger partial charge in [-0.3, -0.25) is 14.5 Å². The lowest BCUT2D eigenvalue weighted by molar-refractivity contribution is -0.132. The maximum Gasteiger partial charge on any atom is 0.300 e. The van der Waals surface area contributed by atoms with E-state index in [-0.39, 0.29) is 22.8 Å². The molecule has 7 heteroatoms. The molecule has 1 aliphatic heterocycles. The lowest BCUT2D eigenvalue weighted by atomic mass is 9.93. The fraction of sp³-hybridized carbons (Fsp3) is 0.267. The number of anilines is 1. The molecule has 37 heavy (non-hydrogen) atoms. The monoisotopic (exact) mass is 501 g/mol. The molecule has 1 aliphatic rings. The van der Waals surface area contributed by atoms with E-state index in [2.05, 4.69) is 13.8 Å². The van der Waals surface area contributed by atoms with Crippen LogP contribution >= 0.6 is 0 Å². The quantitative estimate of drug-likeness (QED) is 0.239. The molecule has 1 atom stereocenters. The number of aliphatic hydroxyl groups is 1. The molecule has 1 fully saturated rings. The molecule has 0 saturated carbocycles. The molecule has 3 aromatic carbocycles. The van der Waals surface area contributed by atoms with E-state index in [9.17, 15) is 19.8 Å². The van der Waals surface area contributed by atoms with Crippen molar-refractivity contribution >= 4 is 23.1 Å². The Balaban J connectivity index is 1.95. The minimum Gasteiger partial charge on any atom is -0.507 e. The van der Waals surface area contributed by atoms with Gasteiger partial charge >= 0.3 is 0 Å². The van der Waals surface area contributed by atoms with Crippen molar-refractivity contribution in [1.82, 2.24) is 0 Å². The van der Waals surface area contributed by atoms with Crippen LogP contribution in [0.4, 0.5) is 5.69 Å². The molecule has 4 rings (SSSR count). The molecular formula is C30H31NO6. The number of aryl methyl sites for hydroxylation is 1. The van der Waals surface area contributed by atoms with Gasteiger partial charge in [0, 0.05) is 11.3 Å². The zero-order valence-corrected chi connectivity index (χ0v) is 21.6. The molecule has 2 N–H and O–H groups in total. The number of ether oxygens (including phenoxy) is 2. The maximum atomic E-state index is 13.5. The van der Waals surface area contributed by atoms with Crippen LogP contribution in [-0.2, 0) is 9.59 Å². The smallest absolute Gasteiger partial charge is 0.300 e. The van der Waals surface area contributed by atoms with Gasteiger partial charge in [0.2, 0.25) is 0 Å². The maximum absolute atomic E-state index is 13.5. The van der Waals surface area contributed by atoms with Crippen molar-refractivity contribution in [3.63, 3.8) is 0 Å². The van der Waals surface area contributed by atoms with Gasteiger partial charge in [-0.25, -0.2) is 0 Å². The number of aliphatic hydroxyl groups excluding tert-OH is 1. The van der Waals surface area contributed by atoms with E-state index in [1.807, 2.05) is 12.1 Å². The molecule has 1 amide bonds. The SMILES string of the molecule is CCOc1cc(C2/C(=C(\O)c3ccc(OC)cc3C)C(=O)C(=O)N2c2ccc(C(C)C)cc2)ccc1O. The van der Waals surface area contributed by atoms with Crippen LogP contribution in [0.5, 0.6) is 17.2 Å². The topological polar surface area (TPSA) is 96.3 Å². The van der Waals surface area contributed by atoms with E-state index in [1.54, 1.807) is 63.4 Å². The predicted molar refractivity (Wildman–Crippen MR) is 142 cm³/mol. The Morgan fingerprint density at radius 2 is 1.73 bits per heavy atom. The third-order valence-corrected chi connectivity index (χ3v) is 6.57. The van der Waals surface area contributed by atoms with Crippen molar-refractivity contribution in [3.8, 4) is 17.2 Å². The van der Waals surface area contributed by atoms with Crippen LogP contribution in [0.3, 0.4) is 0 Å². The average Bonchev–Trinajstić information content (AvgIpc) is 3.15. The number of phenols is 1. The first-order valence-electron chi connectivity index (χ1n) is 12.2. The second-order valence-corrected chi connectivity index (χ2v) is 9.26. The highest BCUT2D eigenvalue weighted by Gasteiger charge is 2.47. The summed E-state index contributed by atoms with van der Waals surface area (Å²) >= 11 is 0. The van der Waals surface area contributed by atoms with Crippen LogP contribution in [0.25, 0.3) is 5.76 Å². The highest BCUT2D eigenvalue weighted by atomic mass is 16.5. The Labute approximate surface area is 216 Å². The second-order valence-electron chi connectivity index (χ2n) is 9.26. The number of methoxy groups -OCH3 is 1. The summed E-state index contributed by atoms with van der Waals surface area (Å²) in [6, 6.07) is 16.3. The van der Waals surface area contributed by atoms with E-state index in [0.717, 1.165) is 5.56 Å². The summed E-state index contributed by atoms with van der Waals surface area (Å²) in [6.45, 7) is 8.05. The van der Waals surface area contributed by atoms with Gasteiger partial charge in [-0.15, -0.1) is 0 Å². The van der Waals surface area contributed by atoms with Gasteiger partial charge in [0.05, 0.1) is 25.3 Å². The molecule has 1 heterocycles. The van der Waals surface area contributed by atoms with Crippen molar-refractivity contribution in [3.05, 3.63) is 88.5 Å². The molecule has 1 saturated heterocycles. The zero-order valence-electron chi connectivity index (χ0n) is 21.6. The van der Waals surface area contributed by atoms with Crippen LogP contribution in [0.15, 0.2) is 66.2 Å². The molecule has 0 radical (unpaired) electrons. The first-order chi connectivity index (χ1) is 17.7. The largest absolute Gasteiger partial charge is 0.507 e. The third kappa shape index (κ3) is 4.77. The number of amides is 1. The number of carbonyl (C=O) groups excluding carboxylic acids is 2. The number of hydrogen-bond donors (Lipinski definition) is 2. The summed E-state index contributed by atoms with van der Waals surface area (Å²) in [5.41, 5.74) is 3.19. The molecule has 3 aromatic rings. The highest BCUT2D eigenvalue weighted by molar-refractivity contribution is 6.51. The van der Waals surface area contributed by atoms with Gasteiger partial charge in [-0.2, -0.15) is 0 Å². The summed E-state index contributed by atoms with van der Waals surface area (Å²) in [7, 11) is 1.55. The number of phenolic OH excluding ortho intramolecular Hbond substituents is 1. The van der Waals surface area contributed by atoms with Gasteiger partial charge in [-0.1, -0.05) is 32.0 Å². The number of Topliss-reactive ketones (excluding diaryl/α,β-unsaturated/α-hetero) is 1. The normalized spacial score (nSPS) is 16.9. The van der Waals surface area contributed by atoms with Gasteiger partial charge in [0.1, 0.15) is 11.5 Å². The molecule has 0 aromatic heterocycles. The van der Waals surface area contributed by atoms with Crippen molar-refractivity contribution in [1.29, 1.82) is 0 Å². The Bertz CT molecular complexity index is 1370. The molecule has 1 unspecified atom stereocenters. The molecular weight excluding hydrogens is 470 g/mol. The van der Waals surface area contributed by atoms with Crippen LogP contribution in [0.1, 0.15) is 55.0 Å². The summed E-state index contributed by atoms with van der Waals surface area (Å²) < 4.78 is 10.8. The number of hydrogen-bond acceptors (Lipinski definition) is 6. The first kappa shape index (κ1) is 25.8. The Morgan fingerprint density at radius 1 is 1.03 bits per heavy atom. The van der Waals surface area contributed by atoms with Crippen molar-refractivity contribution in [2.45, 2.75) is 39.7 Å². The number of carbonyl (C=O) groups is 2. The number of nitrogens with zero attached hydrogens (tertiary/aromatic N) is 1. The van der Waals surface area contributed by atoms with E-state index < -0.39 is 17.7 Å². The second kappa shape index (κ2) is 10.4. The first-order valence-corrected chi connectivity index (χ1v) is 12.2. The zero-order chi connectivity index (χ0) is 26.9. The van der Waals surface area contributed by atoms with Crippen molar-refractivity contribution in [2.75, 3.05) is 18.6 Å². The van der Waals surface area contributed by atoms with Crippen LogP contribution < -0.4 is 14.4 Å². The molecule has 0 aliphatic carbocycles. The number of aromatic hydroxyl groups is 1. The van der Waals surface area contributed by atoms with Crippen LogP contribution in [-0.4, -0.2) is 35.6 Å². The number of ketones is 1. The molecule has 0 bridgehead atoms. The third-order valence-electron chi connectivity index (χ3n) is 6.57. The lowest BCUT2D eigenvalue weighted by Crippen LogP contribution is -2.29. The summed E-state index contributed by atoms with van der Waals surface area (Å²) in [4.78, 5) is 28.3. The predicted octanol–water partition coefficient (Wildman–Crippen LogP) is 5.86. The van der Waals surface area contributed by atoms with Crippen molar-refractivity contribution in [2.24, 2.45) is 0 Å². The minimum atomic E-state index is -0.939. The average molecular weight is 502 g/mol. The Morgan fingerprint density at radius 3 is 2.32 bits per heavy atom. The summed E-state index contributed by atoms with van der Waals surface area (Å²) in [5.74, 6) is -0.759.